The number of carbonyl (C=O) groups is 3. The van der Waals surface area contributed by atoms with Gasteiger partial charge in [0.25, 0.3) is 5.91 Å². The van der Waals surface area contributed by atoms with Gasteiger partial charge in [0, 0.05) is 12.2 Å². The molecule has 0 aliphatic carbocycles. The van der Waals surface area contributed by atoms with E-state index in [4.69, 9.17) is 9.47 Å². The van der Waals surface area contributed by atoms with Crippen LogP contribution in [0.3, 0.4) is 0 Å². The number of hydrogen-bond donors (Lipinski definition) is 2. The van der Waals surface area contributed by atoms with Crippen LogP contribution in [0.4, 0.5) is 5.69 Å². The highest BCUT2D eigenvalue weighted by molar-refractivity contribution is 6.04. The summed E-state index contributed by atoms with van der Waals surface area (Å²) in [4.78, 5) is 43.7. The SMILES string of the molecule is C=CCN(C(=O)C1N([C@@H](CO)Cc2ccccc2)C(=O)[C@@H]2[C@H](C(=O)O)[C@@H]3CCC12O3)c1ccc(OC)cc1. The highest BCUT2D eigenvalue weighted by Crippen LogP contribution is 2.59. The van der Waals surface area contributed by atoms with E-state index in [1.54, 1.807) is 37.5 Å². The first-order chi connectivity index (χ1) is 18.4. The minimum Gasteiger partial charge on any atom is -0.497 e. The standard InChI is InChI=1S/C29H32N2O7/c1-3-15-30(19-9-11-21(37-2)12-10-19)27(34)25-29-14-13-22(38-29)23(28(35)36)24(29)26(33)31(25)20(17-32)16-18-7-5-4-6-8-18/h3-12,20,22-25,32H,1,13-17H2,2H3,(H,35,36)/t20-,22+,23-,24+,25?,29?/m1/s1. The third-order valence-corrected chi connectivity index (χ3v) is 8.14. The fraction of sp³-hybridized carbons (Fsp3) is 0.414. The lowest BCUT2D eigenvalue weighted by Gasteiger charge is -2.39. The highest BCUT2D eigenvalue weighted by Gasteiger charge is 2.75. The second-order valence-electron chi connectivity index (χ2n) is 10.1. The van der Waals surface area contributed by atoms with Crippen molar-refractivity contribution in [2.24, 2.45) is 11.8 Å². The lowest BCUT2D eigenvalue weighted by Crippen LogP contribution is -2.59. The Morgan fingerprint density at radius 1 is 1.24 bits per heavy atom. The molecular formula is C29H32N2O7. The first-order valence-electron chi connectivity index (χ1n) is 12.8. The van der Waals surface area contributed by atoms with Gasteiger partial charge in [-0.25, -0.2) is 0 Å². The molecule has 1 spiro atoms. The minimum atomic E-state index is -1.28. The van der Waals surface area contributed by atoms with Gasteiger partial charge in [0.1, 0.15) is 17.4 Å². The Bertz CT molecular complexity index is 1220. The zero-order chi connectivity index (χ0) is 27.0. The van der Waals surface area contributed by atoms with Crippen LogP contribution in [-0.2, 0) is 25.5 Å². The van der Waals surface area contributed by atoms with Crippen molar-refractivity contribution in [3.8, 4) is 5.75 Å². The number of likely N-dealkylation sites (tertiary alicyclic amines) is 1. The van der Waals surface area contributed by atoms with E-state index in [0.717, 1.165) is 5.56 Å². The van der Waals surface area contributed by atoms with Crippen molar-refractivity contribution in [1.29, 1.82) is 0 Å². The van der Waals surface area contributed by atoms with Gasteiger partial charge in [0.2, 0.25) is 5.91 Å². The van der Waals surface area contributed by atoms with Gasteiger partial charge >= 0.3 is 5.97 Å². The Kier molecular flexibility index (Phi) is 6.98. The quantitative estimate of drug-likeness (QED) is 0.462. The average molecular weight is 521 g/mol. The largest absolute Gasteiger partial charge is 0.497 e. The molecule has 2 aromatic carbocycles. The molecule has 3 aliphatic heterocycles. The van der Waals surface area contributed by atoms with Gasteiger partial charge in [0.15, 0.2) is 0 Å². The van der Waals surface area contributed by atoms with E-state index in [-0.39, 0.29) is 6.54 Å². The maximum Gasteiger partial charge on any atom is 0.310 e. The number of hydrogen-bond acceptors (Lipinski definition) is 6. The molecule has 2 amide bonds. The van der Waals surface area contributed by atoms with E-state index in [9.17, 15) is 24.6 Å². The number of carbonyl (C=O) groups excluding carboxylic acids is 2. The number of nitrogens with zero attached hydrogens (tertiary/aromatic N) is 2. The van der Waals surface area contributed by atoms with Crippen molar-refractivity contribution in [1.82, 2.24) is 4.90 Å². The van der Waals surface area contributed by atoms with Crippen molar-refractivity contribution in [3.63, 3.8) is 0 Å². The van der Waals surface area contributed by atoms with Gasteiger partial charge in [-0.2, -0.15) is 0 Å². The maximum absolute atomic E-state index is 14.5. The molecule has 6 atom stereocenters. The normalized spacial score (nSPS) is 28.2. The molecule has 5 rings (SSSR count). The first kappa shape index (κ1) is 25.9. The Balaban J connectivity index is 1.59. The Hall–Kier alpha value is -3.69. The number of aliphatic hydroxyl groups is 1. The van der Waals surface area contributed by atoms with Gasteiger partial charge in [-0.1, -0.05) is 36.4 Å². The highest BCUT2D eigenvalue weighted by atomic mass is 16.5. The molecule has 0 radical (unpaired) electrons. The zero-order valence-electron chi connectivity index (χ0n) is 21.2. The summed E-state index contributed by atoms with van der Waals surface area (Å²) >= 11 is 0. The van der Waals surface area contributed by atoms with Gasteiger partial charge < -0.3 is 29.5 Å². The molecule has 38 heavy (non-hydrogen) atoms. The second-order valence-corrected chi connectivity index (χ2v) is 10.1. The summed E-state index contributed by atoms with van der Waals surface area (Å²) in [7, 11) is 1.55. The van der Waals surface area contributed by atoms with Crippen molar-refractivity contribution in [2.75, 3.05) is 25.2 Å². The number of methoxy groups -OCH3 is 1. The summed E-state index contributed by atoms with van der Waals surface area (Å²) in [5.41, 5.74) is 0.185. The van der Waals surface area contributed by atoms with Crippen LogP contribution in [0.25, 0.3) is 0 Å². The molecule has 2 bridgehead atoms. The van der Waals surface area contributed by atoms with Crippen molar-refractivity contribution in [2.45, 2.75) is 43.1 Å². The van der Waals surface area contributed by atoms with Gasteiger partial charge in [-0.05, 0) is 49.1 Å². The maximum atomic E-state index is 14.5. The van der Waals surface area contributed by atoms with Crippen LogP contribution in [-0.4, -0.2) is 76.9 Å². The van der Waals surface area contributed by atoms with Crippen LogP contribution in [0.15, 0.2) is 67.3 Å². The molecule has 0 aromatic heterocycles. The number of ether oxygens (including phenoxy) is 2. The lowest BCUT2D eigenvalue weighted by atomic mass is 9.70. The summed E-state index contributed by atoms with van der Waals surface area (Å²) in [6.45, 7) is 3.58. The number of aliphatic hydroxyl groups excluding tert-OH is 1. The topological polar surface area (TPSA) is 117 Å². The summed E-state index contributed by atoms with van der Waals surface area (Å²) in [5.74, 6) is -3.38. The minimum absolute atomic E-state index is 0.165. The number of anilines is 1. The van der Waals surface area contributed by atoms with Crippen LogP contribution in [0.5, 0.6) is 5.75 Å². The number of carboxylic acids is 1. The fourth-order valence-electron chi connectivity index (χ4n) is 6.54. The molecule has 3 fully saturated rings. The van der Waals surface area contributed by atoms with E-state index >= 15 is 0 Å². The van der Waals surface area contributed by atoms with Gasteiger partial charge in [0.05, 0.1) is 37.7 Å². The molecule has 9 heteroatoms. The number of aliphatic carboxylic acids is 1. The van der Waals surface area contributed by atoms with E-state index in [1.165, 1.54) is 9.80 Å². The smallest absolute Gasteiger partial charge is 0.310 e. The van der Waals surface area contributed by atoms with Crippen molar-refractivity contribution < 1.29 is 34.1 Å². The van der Waals surface area contributed by atoms with Crippen LogP contribution < -0.4 is 9.64 Å². The molecule has 3 saturated heterocycles. The number of amides is 2. The van der Waals surface area contributed by atoms with E-state index in [2.05, 4.69) is 6.58 Å². The third-order valence-electron chi connectivity index (χ3n) is 8.14. The molecule has 0 saturated carbocycles. The van der Waals surface area contributed by atoms with Crippen molar-refractivity contribution >= 4 is 23.5 Å². The molecule has 2 aromatic rings. The number of rotatable bonds is 10. The molecule has 200 valence electrons. The molecule has 9 nitrogen and oxygen atoms in total. The second kappa shape index (κ2) is 10.2. The number of benzene rings is 2. The van der Waals surface area contributed by atoms with Crippen LogP contribution >= 0.6 is 0 Å². The third kappa shape index (κ3) is 4.06. The van der Waals surface area contributed by atoms with Gasteiger partial charge in [-0.15, -0.1) is 6.58 Å². The van der Waals surface area contributed by atoms with Crippen LogP contribution in [0.2, 0.25) is 0 Å². The van der Waals surface area contributed by atoms with E-state index in [1.807, 2.05) is 30.3 Å². The predicted octanol–water partition coefficient (Wildman–Crippen LogP) is 2.28. The summed E-state index contributed by atoms with van der Waals surface area (Å²) in [6, 6.07) is 14.5. The fourth-order valence-corrected chi connectivity index (χ4v) is 6.54. The Morgan fingerprint density at radius 3 is 2.55 bits per heavy atom. The van der Waals surface area contributed by atoms with Crippen LogP contribution in [0.1, 0.15) is 18.4 Å². The molecule has 2 unspecified atom stereocenters. The summed E-state index contributed by atoms with van der Waals surface area (Å²) in [5, 5.41) is 20.5. The van der Waals surface area contributed by atoms with Crippen LogP contribution in [0, 0.1) is 11.8 Å². The lowest BCUT2D eigenvalue weighted by molar-refractivity contribution is -0.151. The molecule has 2 N–H and O–H groups in total. The van der Waals surface area contributed by atoms with E-state index < -0.39 is 60.0 Å². The van der Waals surface area contributed by atoms with E-state index in [0.29, 0.717) is 30.7 Å². The average Bonchev–Trinajstić information content (AvgIpc) is 3.58. The predicted molar refractivity (Wildman–Crippen MR) is 139 cm³/mol. The number of fused-ring (bicyclic) bond motifs is 1. The summed E-state index contributed by atoms with van der Waals surface area (Å²) < 4.78 is 11.6. The molecular weight excluding hydrogens is 488 g/mol. The Labute approximate surface area is 221 Å². The Morgan fingerprint density at radius 2 is 1.95 bits per heavy atom. The molecule has 3 heterocycles. The molecule has 3 aliphatic rings. The first-order valence-corrected chi connectivity index (χ1v) is 12.8. The zero-order valence-corrected chi connectivity index (χ0v) is 21.2. The monoisotopic (exact) mass is 520 g/mol. The van der Waals surface area contributed by atoms with Crippen molar-refractivity contribution in [3.05, 3.63) is 72.8 Å². The summed E-state index contributed by atoms with van der Waals surface area (Å²) in [6.07, 6.45) is 2.11. The number of carboxylic acid groups (broad SMARTS) is 1. The van der Waals surface area contributed by atoms with Gasteiger partial charge in [-0.3, -0.25) is 14.4 Å².